The van der Waals surface area contributed by atoms with Crippen LogP contribution in [0.5, 0.6) is 0 Å². The van der Waals surface area contributed by atoms with Crippen molar-refractivity contribution < 1.29 is 8.42 Å². The van der Waals surface area contributed by atoms with Gasteiger partial charge in [0.1, 0.15) is 5.15 Å². The molecule has 0 unspecified atom stereocenters. The van der Waals surface area contributed by atoms with Gasteiger partial charge in [-0.15, -0.1) is 0 Å². The fourth-order valence-corrected chi connectivity index (χ4v) is 4.91. The number of hydrogen-bond donors (Lipinski definition) is 1. The van der Waals surface area contributed by atoms with Crippen molar-refractivity contribution in [1.29, 1.82) is 0 Å². The lowest BCUT2D eigenvalue weighted by atomic mass is 10.1. The minimum atomic E-state index is -3.70. The van der Waals surface area contributed by atoms with Gasteiger partial charge in [-0.1, -0.05) is 47.5 Å². The van der Waals surface area contributed by atoms with Gasteiger partial charge < -0.3 is 5.73 Å². The molecule has 3 aromatic rings. The van der Waals surface area contributed by atoms with Crippen LogP contribution in [0.25, 0.3) is 0 Å². The first-order valence-corrected chi connectivity index (χ1v) is 11.0. The maximum atomic E-state index is 13.3. The Morgan fingerprint density at radius 3 is 2.28 bits per heavy atom. The first-order valence-electron chi connectivity index (χ1n) is 9.22. The Kier molecular flexibility index (Phi) is 6.39. The molecule has 0 amide bonds. The van der Waals surface area contributed by atoms with Crippen molar-refractivity contribution in [3.8, 4) is 0 Å². The third-order valence-corrected chi connectivity index (χ3v) is 6.78. The second kappa shape index (κ2) is 8.80. The molecule has 2 N–H and O–H groups in total. The third-order valence-electron chi connectivity index (χ3n) is 4.62. The van der Waals surface area contributed by atoms with Crippen molar-refractivity contribution in [2.45, 2.75) is 31.6 Å². The largest absolute Gasteiger partial charge is 0.368 e. The molecule has 0 aliphatic heterocycles. The number of nitrogens with two attached hydrogens (primary N) is 1. The van der Waals surface area contributed by atoms with Crippen LogP contribution in [-0.4, -0.2) is 24.9 Å². The molecule has 2 aromatic carbocycles. The molecule has 0 atom stereocenters. The van der Waals surface area contributed by atoms with Crippen LogP contribution in [0.15, 0.2) is 59.5 Å². The number of aromatic nitrogens is 2. The summed E-state index contributed by atoms with van der Waals surface area (Å²) >= 11 is 6.20. The van der Waals surface area contributed by atoms with E-state index in [0.29, 0.717) is 35.9 Å². The summed E-state index contributed by atoms with van der Waals surface area (Å²) in [5, 5.41) is 0.308. The molecule has 0 aliphatic rings. The van der Waals surface area contributed by atoms with Gasteiger partial charge in [-0.3, -0.25) is 4.31 Å². The van der Waals surface area contributed by atoms with Gasteiger partial charge in [-0.2, -0.15) is 0 Å². The van der Waals surface area contributed by atoms with Gasteiger partial charge >= 0.3 is 0 Å². The summed E-state index contributed by atoms with van der Waals surface area (Å²) < 4.78 is 28.1. The van der Waals surface area contributed by atoms with E-state index in [4.69, 9.17) is 17.3 Å². The molecular weight excluding hydrogens is 408 g/mol. The number of sulfonamides is 1. The predicted molar refractivity (Wildman–Crippen MR) is 117 cm³/mol. The zero-order valence-corrected chi connectivity index (χ0v) is 17.9. The highest BCUT2D eigenvalue weighted by atomic mass is 35.5. The van der Waals surface area contributed by atoms with E-state index in [2.05, 4.69) is 9.97 Å². The van der Waals surface area contributed by atoms with E-state index >= 15 is 0 Å². The highest BCUT2D eigenvalue weighted by Crippen LogP contribution is 2.25. The molecular formula is C21H23ClN4O2S. The van der Waals surface area contributed by atoms with Crippen LogP contribution >= 0.6 is 11.6 Å². The molecule has 0 bridgehead atoms. The average molecular weight is 431 g/mol. The fourth-order valence-electron chi connectivity index (χ4n) is 3.08. The van der Waals surface area contributed by atoms with E-state index in [1.54, 1.807) is 36.4 Å². The Labute approximate surface area is 176 Å². The van der Waals surface area contributed by atoms with Gasteiger partial charge in [0, 0.05) is 17.8 Å². The Bertz CT molecular complexity index is 1060. The molecule has 1 heterocycles. The van der Waals surface area contributed by atoms with Gasteiger partial charge in [-0.25, -0.2) is 18.4 Å². The van der Waals surface area contributed by atoms with E-state index in [1.807, 2.05) is 32.0 Å². The third kappa shape index (κ3) is 4.86. The van der Waals surface area contributed by atoms with Gasteiger partial charge in [0.2, 0.25) is 5.95 Å². The van der Waals surface area contributed by atoms with Crippen molar-refractivity contribution in [1.82, 2.24) is 9.97 Å². The second-order valence-corrected chi connectivity index (χ2v) is 8.99. The average Bonchev–Trinajstić information content (AvgIpc) is 2.67. The molecule has 3 rings (SSSR count). The highest BCUT2D eigenvalue weighted by molar-refractivity contribution is 7.92. The van der Waals surface area contributed by atoms with Crippen molar-refractivity contribution >= 4 is 33.3 Å². The summed E-state index contributed by atoms with van der Waals surface area (Å²) in [6, 6.07) is 15.9. The van der Waals surface area contributed by atoms with Crippen LogP contribution in [0.3, 0.4) is 0 Å². The van der Waals surface area contributed by atoms with Crippen molar-refractivity contribution in [2.75, 3.05) is 16.6 Å². The molecule has 8 heteroatoms. The summed E-state index contributed by atoms with van der Waals surface area (Å²) in [4.78, 5) is 8.40. The lowest BCUT2D eigenvalue weighted by Crippen LogP contribution is -2.32. The fraction of sp³-hybridized carbons (Fsp3) is 0.238. The van der Waals surface area contributed by atoms with E-state index < -0.39 is 10.0 Å². The molecule has 0 fully saturated rings. The monoisotopic (exact) mass is 430 g/mol. The quantitative estimate of drug-likeness (QED) is 0.568. The highest BCUT2D eigenvalue weighted by Gasteiger charge is 2.24. The number of nitrogen functional groups attached to an aromatic ring is 1. The second-order valence-electron chi connectivity index (χ2n) is 6.77. The molecule has 0 spiro atoms. The summed E-state index contributed by atoms with van der Waals surface area (Å²) in [5.74, 6) is 0.129. The van der Waals surface area contributed by atoms with Crippen LogP contribution in [-0.2, 0) is 16.4 Å². The Balaban J connectivity index is 1.87. The molecule has 0 saturated carbocycles. The minimum Gasteiger partial charge on any atom is -0.368 e. The number of rotatable bonds is 7. The molecule has 0 radical (unpaired) electrons. The van der Waals surface area contributed by atoms with Crippen LogP contribution in [0.2, 0.25) is 5.15 Å². The van der Waals surface area contributed by atoms with Crippen molar-refractivity contribution in [3.05, 3.63) is 76.6 Å². The zero-order valence-electron chi connectivity index (χ0n) is 16.3. The number of nitrogens with zero attached hydrogens (tertiary/aromatic N) is 3. The van der Waals surface area contributed by atoms with Crippen LogP contribution in [0.4, 0.5) is 11.6 Å². The van der Waals surface area contributed by atoms with Crippen molar-refractivity contribution in [2.24, 2.45) is 0 Å². The Morgan fingerprint density at radius 2 is 1.66 bits per heavy atom. The summed E-state index contributed by atoms with van der Waals surface area (Å²) in [7, 11) is -3.70. The Hall–Kier alpha value is -2.64. The van der Waals surface area contributed by atoms with E-state index in [1.165, 1.54) is 4.31 Å². The van der Waals surface area contributed by atoms with Gasteiger partial charge in [0.05, 0.1) is 10.6 Å². The molecule has 29 heavy (non-hydrogen) atoms. The topological polar surface area (TPSA) is 89.2 Å². The molecule has 0 saturated heterocycles. The smallest absolute Gasteiger partial charge is 0.264 e. The molecule has 152 valence electrons. The lowest BCUT2D eigenvalue weighted by Gasteiger charge is -2.25. The van der Waals surface area contributed by atoms with Crippen LogP contribution in [0, 0.1) is 13.8 Å². The van der Waals surface area contributed by atoms with E-state index in [9.17, 15) is 8.42 Å². The summed E-state index contributed by atoms with van der Waals surface area (Å²) in [6.07, 6.45) is 1.09. The van der Waals surface area contributed by atoms with Crippen LogP contribution in [0.1, 0.15) is 23.2 Å². The predicted octanol–water partition coefficient (Wildman–Crippen LogP) is 4.16. The van der Waals surface area contributed by atoms with E-state index in [0.717, 1.165) is 11.1 Å². The van der Waals surface area contributed by atoms with Gasteiger partial charge in [-0.05, 0) is 51.0 Å². The number of aryl methyl sites for hydroxylation is 2. The first-order chi connectivity index (χ1) is 13.8. The van der Waals surface area contributed by atoms with Gasteiger partial charge in [0.25, 0.3) is 10.0 Å². The summed E-state index contributed by atoms with van der Waals surface area (Å²) in [5.41, 5.74) is 8.72. The minimum absolute atomic E-state index is 0.129. The lowest BCUT2D eigenvalue weighted by molar-refractivity contribution is 0.589. The standard InChI is InChI=1S/C21H23ClN4O2S/c1-15-10-12-18(13-11-15)29(27,28)26(17-7-4-3-5-8-17)14-6-9-19-16(2)24-21(23)25-20(19)22/h3-5,7-8,10-13H,6,9,14H2,1-2H3,(H2,23,24,25). The Morgan fingerprint density at radius 1 is 1.00 bits per heavy atom. The molecule has 1 aromatic heterocycles. The zero-order chi connectivity index (χ0) is 21.0. The maximum absolute atomic E-state index is 13.3. The maximum Gasteiger partial charge on any atom is 0.264 e. The van der Waals surface area contributed by atoms with E-state index in [-0.39, 0.29) is 10.8 Å². The number of hydrogen-bond acceptors (Lipinski definition) is 5. The molecule has 6 nitrogen and oxygen atoms in total. The summed E-state index contributed by atoms with van der Waals surface area (Å²) in [6.45, 7) is 4.03. The number of anilines is 2. The van der Waals surface area contributed by atoms with Gasteiger partial charge in [0.15, 0.2) is 0 Å². The molecule has 0 aliphatic carbocycles. The first kappa shape index (κ1) is 21.1. The van der Waals surface area contributed by atoms with Crippen molar-refractivity contribution in [3.63, 3.8) is 0 Å². The SMILES string of the molecule is Cc1ccc(S(=O)(=O)N(CCCc2c(C)nc(N)nc2Cl)c2ccccc2)cc1. The number of benzene rings is 2. The number of para-hydroxylation sites is 1. The number of halogens is 1. The normalized spacial score (nSPS) is 11.4. The van der Waals surface area contributed by atoms with Crippen LogP contribution < -0.4 is 10.0 Å².